The minimum atomic E-state index is -0.651. The molecule has 0 aliphatic heterocycles. The van der Waals surface area contributed by atoms with Gasteiger partial charge >= 0.3 is 5.97 Å². The quantitative estimate of drug-likeness (QED) is 0.127. The lowest BCUT2D eigenvalue weighted by atomic mass is 10.0. The van der Waals surface area contributed by atoms with Gasteiger partial charge in [-0.05, 0) is 25.7 Å². The van der Waals surface area contributed by atoms with Crippen molar-refractivity contribution in [3.8, 4) is 0 Å². The highest BCUT2D eigenvalue weighted by Crippen LogP contribution is 2.15. The molecule has 0 fully saturated rings. The molecule has 0 bridgehead atoms. The monoisotopic (exact) mass is 408 g/mol. The van der Waals surface area contributed by atoms with Crippen molar-refractivity contribution >= 4 is 5.97 Å². The summed E-state index contributed by atoms with van der Waals surface area (Å²) in [6, 6.07) is 0. The molecule has 0 amide bonds. The summed E-state index contributed by atoms with van der Waals surface area (Å²) in [6.07, 6.45) is 34.6. The van der Waals surface area contributed by atoms with E-state index in [0.717, 1.165) is 12.8 Å². The number of aliphatic carboxylic acids is 1. The van der Waals surface area contributed by atoms with Gasteiger partial charge in [0, 0.05) is 6.42 Å². The minimum absolute atomic E-state index is 0.345. The topological polar surface area (TPSA) is 37.3 Å². The molecule has 0 atom stereocenters. The predicted octanol–water partition coefficient (Wildman–Crippen LogP) is 9.62. The second-order valence-corrected chi connectivity index (χ2v) is 8.91. The fourth-order valence-electron chi connectivity index (χ4n) is 3.95. The molecule has 0 spiro atoms. The molecule has 0 heterocycles. The van der Waals surface area contributed by atoms with E-state index in [0.29, 0.717) is 6.42 Å². The van der Waals surface area contributed by atoms with Gasteiger partial charge in [-0.25, -0.2) is 0 Å². The molecule has 2 heteroatoms. The standard InChI is InChI=1S/C27H52O2/c1-2-3-4-5-6-7-8-9-10-11-12-13-14-15-16-17-18-19-20-21-22-23-24-25-26-27(28)29/h4-5H,2-3,6-26H2,1H3,(H,28,29). The van der Waals surface area contributed by atoms with Gasteiger partial charge in [0.15, 0.2) is 0 Å². The number of unbranched alkanes of at least 4 members (excludes halogenated alkanes) is 20. The molecule has 0 aromatic carbocycles. The fraction of sp³-hybridized carbons (Fsp3) is 0.889. The van der Waals surface area contributed by atoms with E-state index in [9.17, 15) is 4.79 Å². The number of carboxylic acid groups (broad SMARTS) is 1. The lowest BCUT2D eigenvalue weighted by molar-refractivity contribution is -0.137. The van der Waals surface area contributed by atoms with E-state index in [1.807, 2.05) is 0 Å². The normalized spacial score (nSPS) is 11.5. The van der Waals surface area contributed by atoms with Crippen LogP contribution in [0.2, 0.25) is 0 Å². The molecule has 0 aromatic rings. The molecule has 0 unspecified atom stereocenters. The second kappa shape index (κ2) is 25.2. The first-order valence-corrected chi connectivity index (χ1v) is 13.1. The van der Waals surface area contributed by atoms with E-state index in [1.54, 1.807) is 0 Å². The molecule has 2 nitrogen and oxygen atoms in total. The van der Waals surface area contributed by atoms with Crippen LogP contribution in [0.25, 0.3) is 0 Å². The molecule has 1 N–H and O–H groups in total. The minimum Gasteiger partial charge on any atom is -0.481 e. The van der Waals surface area contributed by atoms with E-state index in [1.165, 1.54) is 128 Å². The molecular formula is C27H52O2. The summed E-state index contributed by atoms with van der Waals surface area (Å²) in [7, 11) is 0. The molecule has 0 saturated carbocycles. The molecular weight excluding hydrogens is 356 g/mol. The Kier molecular flexibility index (Phi) is 24.6. The third-order valence-corrected chi connectivity index (χ3v) is 5.88. The first kappa shape index (κ1) is 28.2. The summed E-state index contributed by atoms with van der Waals surface area (Å²) >= 11 is 0. The number of carboxylic acids is 1. The Morgan fingerprint density at radius 3 is 1.17 bits per heavy atom. The van der Waals surface area contributed by atoms with Crippen LogP contribution in [0.1, 0.15) is 155 Å². The van der Waals surface area contributed by atoms with Crippen molar-refractivity contribution in [3.63, 3.8) is 0 Å². The van der Waals surface area contributed by atoms with Crippen LogP contribution in [0, 0.1) is 0 Å². The van der Waals surface area contributed by atoms with Crippen molar-refractivity contribution in [2.75, 3.05) is 0 Å². The zero-order chi connectivity index (χ0) is 21.3. The fourth-order valence-corrected chi connectivity index (χ4v) is 3.95. The van der Waals surface area contributed by atoms with Gasteiger partial charge in [0.25, 0.3) is 0 Å². The highest BCUT2D eigenvalue weighted by Gasteiger charge is 1.97. The average molecular weight is 409 g/mol. The summed E-state index contributed by atoms with van der Waals surface area (Å²) in [5, 5.41) is 8.59. The SMILES string of the molecule is CCCC=CCCCCCCCCCCCCCCCCCCCCCC(=O)O. The van der Waals surface area contributed by atoms with Gasteiger partial charge in [-0.1, -0.05) is 135 Å². The number of hydrogen-bond acceptors (Lipinski definition) is 1. The Morgan fingerprint density at radius 1 is 0.517 bits per heavy atom. The zero-order valence-electron chi connectivity index (χ0n) is 19.8. The Bertz CT molecular complexity index is 348. The molecule has 0 aliphatic carbocycles. The molecule has 0 aliphatic rings. The van der Waals surface area contributed by atoms with Gasteiger partial charge < -0.3 is 5.11 Å². The smallest absolute Gasteiger partial charge is 0.303 e. The highest BCUT2D eigenvalue weighted by molar-refractivity contribution is 5.66. The Labute approximate surface area is 182 Å². The van der Waals surface area contributed by atoms with Crippen molar-refractivity contribution in [1.82, 2.24) is 0 Å². The summed E-state index contributed by atoms with van der Waals surface area (Å²) in [5.41, 5.74) is 0. The van der Waals surface area contributed by atoms with E-state index in [-0.39, 0.29) is 0 Å². The molecule has 0 aromatic heterocycles. The second-order valence-electron chi connectivity index (χ2n) is 8.91. The lowest BCUT2D eigenvalue weighted by Crippen LogP contribution is -1.93. The molecule has 0 rings (SSSR count). The van der Waals surface area contributed by atoms with Crippen LogP contribution in [-0.2, 0) is 4.79 Å². The predicted molar refractivity (Wildman–Crippen MR) is 129 cm³/mol. The maximum atomic E-state index is 10.4. The Hall–Kier alpha value is -0.790. The van der Waals surface area contributed by atoms with Crippen LogP contribution in [0.3, 0.4) is 0 Å². The third-order valence-electron chi connectivity index (χ3n) is 5.88. The van der Waals surface area contributed by atoms with Crippen LogP contribution in [0.5, 0.6) is 0 Å². The summed E-state index contributed by atoms with van der Waals surface area (Å²) in [5.74, 6) is -0.651. The van der Waals surface area contributed by atoms with E-state index < -0.39 is 5.97 Å². The number of allylic oxidation sites excluding steroid dienone is 2. The molecule has 172 valence electrons. The number of hydrogen-bond donors (Lipinski definition) is 1. The molecule has 0 radical (unpaired) electrons. The maximum Gasteiger partial charge on any atom is 0.303 e. The van der Waals surface area contributed by atoms with Crippen LogP contribution in [0.4, 0.5) is 0 Å². The third kappa shape index (κ3) is 27.2. The van der Waals surface area contributed by atoms with Crippen molar-refractivity contribution in [2.45, 2.75) is 155 Å². The van der Waals surface area contributed by atoms with Crippen LogP contribution in [-0.4, -0.2) is 11.1 Å². The van der Waals surface area contributed by atoms with E-state index >= 15 is 0 Å². The van der Waals surface area contributed by atoms with Crippen molar-refractivity contribution in [3.05, 3.63) is 12.2 Å². The highest BCUT2D eigenvalue weighted by atomic mass is 16.4. The van der Waals surface area contributed by atoms with Crippen LogP contribution < -0.4 is 0 Å². The number of carbonyl (C=O) groups is 1. The first-order valence-electron chi connectivity index (χ1n) is 13.1. The van der Waals surface area contributed by atoms with Crippen molar-refractivity contribution in [2.24, 2.45) is 0 Å². The zero-order valence-corrected chi connectivity index (χ0v) is 19.8. The Balaban J connectivity index is 3.02. The maximum absolute atomic E-state index is 10.4. The van der Waals surface area contributed by atoms with Crippen LogP contribution in [0.15, 0.2) is 12.2 Å². The van der Waals surface area contributed by atoms with Gasteiger partial charge in [0.05, 0.1) is 0 Å². The lowest BCUT2D eigenvalue weighted by Gasteiger charge is -2.04. The van der Waals surface area contributed by atoms with Crippen LogP contribution >= 0.6 is 0 Å². The van der Waals surface area contributed by atoms with Gasteiger partial charge in [0.2, 0.25) is 0 Å². The van der Waals surface area contributed by atoms with Crippen molar-refractivity contribution < 1.29 is 9.90 Å². The molecule has 0 saturated heterocycles. The summed E-state index contributed by atoms with van der Waals surface area (Å²) < 4.78 is 0. The van der Waals surface area contributed by atoms with Gasteiger partial charge in [-0.3, -0.25) is 4.79 Å². The average Bonchev–Trinajstić information content (AvgIpc) is 2.71. The summed E-state index contributed by atoms with van der Waals surface area (Å²) in [6.45, 7) is 2.24. The van der Waals surface area contributed by atoms with Gasteiger partial charge in [0.1, 0.15) is 0 Å². The van der Waals surface area contributed by atoms with E-state index in [2.05, 4.69) is 19.1 Å². The first-order chi connectivity index (χ1) is 14.3. The Morgan fingerprint density at radius 2 is 0.828 bits per heavy atom. The molecule has 29 heavy (non-hydrogen) atoms. The number of rotatable bonds is 24. The van der Waals surface area contributed by atoms with E-state index in [4.69, 9.17) is 5.11 Å². The van der Waals surface area contributed by atoms with Gasteiger partial charge in [-0.2, -0.15) is 0 Å². The summed E-state index contributed by atoms with van der Waals surface area (Å²) in [4.78, 5) is 10.4. The van der Waals surface area contributed by atoms with Crippen molar-refractivity contribution in [1.29, 1.82) is 0 Å². The largest absolute Gasteiger partial charge is 0.481 e. The van der Waals surface area contributed by atoms with Gasteiger partial charge in [-0.15, -0.1) is 0 Å².